The molecule has 0 N–H and O–H groups in total. The van der Waals surface area contributed by atoms with Gasteiger partial charge in [0.15, 0.2) is 10.7 Å². The minimum atomic E-state index is -2.92. The van der Waals surface area contributed by atoms with Crippen LogP contribution in [-0.2, 0) is 19.3 Å². The number of unbranched alkanes of at least 4 members (excludes halogenated alkanes) is 3. The van der Waals surface area contributed by atoms with E-state index in [1.165, 1.54) is 54.6 Å². The summed E-state index contributed by atoms with van der Waals surface area (Å²) in [4.78, 5) is 0. The first-order valence-electron chi connectivity index (χ1n) is 39.8. The van der Waals surface area contributed by atoms with Crippen molar-refractivity contribution in [2.24, 2.45) is 0 Å². The molecule has 0 unspecified atom stereocenters. The fraction of sp³-hybridized carbons (Fsp3) is 0.118. The Bertz CT molecular complexity index is 5660. The smallest absolute Gasteiger partial charge is 0.358 e. The molecule has 0 saturated carbocycles. The summed E-state index contributed by atoms with van der Waals surface area (Å²) in [6, 6.07) is 62.2. The van der Waals surface area contributed by atoms with Gasteiger partial charge in [-0.05, 0) is 236 Å². The van der Waals surface area contributed by atoms with Gasteiger partial charge in [-0.3, -0.25) is 7.32 Å². The summed E-state index contributed by atoms with van der Waals surface area (Å²) in [6.45, 7) is 5.84. The van der Waals surface area contributed by atoms with E-state index in [4.69, 9.17) is 15.1 Å². The lowest BCUT2D eigenvalue weighted by atomic mass is 9.82. The van der Waals surface area contributed by atoms with E-state index in [0.29, 0.717) is 65.9 Å². The maximum atomic E-state index is 15.7. The zero-order valence-corrected chi connectivity index (χ0v) is 74.1. The van der Waals surface area contributed by atoms with E-state index in [9.17, 15) is 0 Å². The number of rotatable bonds is 24. The Hall–Kier alpha value is -10.8. The van der Waals surface area contributed by atoms with Crippen LogP contribution in [0.15, 0.2) is 273 Å². The molecule has 0 aliphatic heterocycles. The summed E-state index contributed by atoms with van der Waals surface area (Å²) in [5.41, 5.74) is -4.97. The zero-order chi connectivity index (χ0) is 90.9. The van der Waals surface area contributed by atoms with Crippen LogP contribution >= 0.6 is 0 Å². The second-order valence-electron chi connectivity index (χ2n) is 28.6. The molecule has 127 heavy (non-hydrogen) atoms. The highest BCUT2D eigenvalue weighted by Gasteiger charge is 2.40. The largest absolute Gasteiger partial charge is 0.907 e. The SMILES string of the molecule is CCCCc1cc([I+]c2ccccc2)c(-c2c(F)cccc2F)c(-c2c(F)cccc2F)c1-c1c(F)cccc1F.CCCCc1cc([I+]c2ccccc2)c(-c2c(F)cccc2F)c(-c2c(F)cccc2F)c1-c1c(F)cccc1F.CCCCc1cc([I+]c2ccccc2)c(-c2c(F)cccc2F)c(-c2c(F)cccc2F)c1-c1c(F)cccc1F.[O-]B([O-])[O-]. The summed E-state index contributed by atoms with van der Waals surface area (Å²) in [6.07, 6.45) is 5.01. The molecule has 0 aliphatic rings. The Morgan fingerprint density at radius 1 is 0.189 bits per heavy atom. The van der Waals surface area contributed by atoms with Crippen molar-refractivity contribution in [3.05, 3.63) is 416 Å². The molecule has 15 aromatic carbocycles. The lowest BCUT2D eigenvalue weighted by Gasteiger charge is -2.35. The normalized spacial score (nSPS) is 11.1. The second kappa shape index (κ2) is 44.3. The van der Waals surface area contributed by atoms with E-state index in [-0.39, 0.29) is 50.1 Å². The van der Waals surface area contributed by atoms with Crippen molar-refractivity contribution in [1.29, 1.82) is 0 Å². The van der Waals surface area contributed by atoms with E-state index < -0.39 is 226 Å². The topological polar surface area (TPSA) is 69.2 Å². The van der Waals surface area contributed by atoms with Crippen LogP contribution in [0.1, 0.15) is 76.0 Å². The maximum absolute atomic E-state index is 15.7. The van der Waals surface area contributed by atoms with E-state index >= 15 is 79.0 Å². The van der Waals surface area contributed by atoms with Crippen LogP contribution in [0.5, 0.6) is 0 Å². The molecular weight excluding hydrogens is 2010 g/mol. The molecule has 0 fully saturated rings. The van der Waals surface area contributed by atoms with Crippen molar-refractivity contribution in [2.75, 3.05) is 0 Å². The van der Waals surface area contributed by atoms with Gasteiger partial charge < -0.3 is 15.1 Å². The fourth-order valence-electron chi connectivity index (χ4n) is 14.8. The molecule has 0 saturated heterocycles. The molecule has 0 atom stereocenters. The van der Waals surface area contributed by atoms with Gasteiger partial charge in [0.25, 0.3) is 0 Å². The lowest BCUT2D eigenvalue weighted by Crippen LogP contribution is -3.61. The molecule has 15 aromatic rings. The number of halogens is 21. The van der Waals surface area contributed by atoms with E-state index in [1.54, 1.807) is 18.2 Å². The van der Waals surface area contributed by atoms with Crippen molar-refractivity contribution in [1.82, 2.24) is 0 Å². The van der Waals surface area contributed by atoms with Crippen LogP contribution < -0.4 is 78.7 Å². The van der Waals surface area contributed by atoms with Gasteiger partial charge in [-0.15, -0.1) is 0 Å². The molecule has 0 heterocycles. The first-order chi connectivity index (χ1) is 61.2. The number of aryl methyl sites for hydroxylation is 3. The molecule has 648 valence electrons. The van der Waals surface area contributed by atoms with E-state index in [1.807, 2.05) is 112 Å². The number of hydrogen-bond donors (Lipinski definition) is 0. The molecular formula is C102H72BF18I3O3. The third kappa shape index (κ3) is 22.0. The van der Waals surface area contributed by atoms with E-state index in [2.05, 4.69) is 0 Å². The van der Waals surface area contributed by atoms with Crippen molar-refractivity contribution in [2.45, 2.75) is 78.6 Å². The van der Waals surface area contributed by atoms with Crippen LogP contribution in [0.2, 0.25) is 0 Å². The van der Waals surface area contributed by atoms with Crippen molar-refractivity contribution < 1.29 is 158 Å². The van der Waals surface area contributed by atoms with Gasteiger partial charge >= 0.3 is 63.6 Å². The quantitative estimate of drug-likeness (QED) is 0.0344. The molecule has 0 bridgehead atoms. The predicted molar refractivity (Wildman–Crippen MR) is 441 cm³/mol. The lowest BCUT2D eigenvalue weighted by molar-refractivity contribution is -0.596. The Labute approximate surface area is 753 Å². The predicted octanol–water partition coefficient (Wildman–Crippen LogP) is 17.0. The molecule has 0 radical (unpaired) electrons. The van der Waals surface area contributed by atoms with Crippen LogP contribution in [0, 0.1) is 126 Å². The van der Waals surface area contributed by atoms with Gasteiger partial charge in [-0.25, -0.2) is 79.0 Å². The van der Waals surface area contributed by atoms with Gasteiger partial charge in [0.05, 0.1) is 66.8 Å². The van der Waals surface area contributed by atoms with Crippen molar-refractivity contribution in [3.63, 3.8) is 0 Å². The Balaban J connectivity index is 0.000000169. The van der Waals surface area contributed by atoms with Crippen LogP contribution in [0.25, 0.3) is 100 Å². The van der Waals surface area contributed by atoms with Crippen molar-refractivity contribution in [3.8, 4) is 100 Å². The van der Waals surface area contributed by atoms with Crippen molar-refractivity contribution >= 4 is 7.32 Å². The number of benzene rings is 15. The summed E-state index contributed by atoms with van der Waals surface area (Å²) >= 11 is -3.51. The van der Waals surface area contributed by atoms with Gasteiger partial charge in [0, 0.05) is 16.7 Å². The summed E-state index contributed by atoms with van der Waals surface area (Å²) in [5, 5.41) is 25.2. The highest BCUT2D eigenvalue weighted by atomic mass is 127. The van der Waals surface area contributed by atoms with Crippen LogP contribution in [-0.4, -0.2) is 7.32 Å². The molecule has 0 aliphatic carbocycles. The highest BCUT2D eigenvalue weighted by molar-refractivity contribution is 6.24. The molecule has 3 nitrogen and oxygen atoms in total. The van der Waals surface area contributed by atoms with Gasteiger partial charge in [0.2, 0.25) is 10.7 Å². The minimum absolute atomic E-state index is 0.112. The average molecular weight is 2080 g/mol. The molecule has 25 heteroatoms. The molecule has 0 spiro atoms. The highest BCUT2D eigenvalue weighted by Crippen LogP contribution is 2.52. The summed E-state index contributed by atoms with van der Waals surface area (Å²) in [5.74, 6) is -17.5. The third-order valence-corrected chi connectivity index (χ3v) is 28.6. The first-order valence-corrected chi connectivity index (χ1v) is 46.3. The standard InChI is InChI=1S/3C34H24F6I.BO3/c3*1-2-3-10-20-19-28(41-21-11-5-4-6-12-21)33(31-24(37)15-8-16-25(31)38)34(32-26(39)17-9-18-27(32)40)29(20)30-22(35)13-7-14-23(30)36;2-1(3)4/h3*4-9,11-19H,2-3,10H2,1H3;/q3*+1;-3. The van der Waals surface area contributed by atoms with Crippen LogP contribution in [0.4, 0.5) is 79.0 Å². The average Bonchev–Trinajstić information content (AvgIpc) is 0.738. The van der Waals surface area contributed by atoms with Gasteiger partial charge in [0.1, 0.15) is 105 Å². The molecule has 0 amide bonds. The monoisotopic (exact) mass is 2080 g/mol. The maximum Gasteiger partial charge on any atom is 0.358 e. The summed E-state index contributed by atoms with van der Waals surface area (Å²) < 4.78 is 285. The minimum Gasteiger partial charge on any atom is -0.907 e. The molecule has 0 aromatic heterocycles. The van der Waals surface area contributed by atoms with Gasteiger partial charge in [-0.1, -0.05) is 149 Å². The van der Waals surface area contributed by atoms with Crippen LogP contribution in [0.3, 0.4) is 0 Å². The van der Waals surface area contributed by atoms with Gasteiger partial charge in [-0.2, -0.15) is 0 Å². The molecule has 15 rings (SSSR count). The second-order valence-corrected chi connectivity index (χ2v) is 37.4. The Morgan fingerprint density at radius 2 is 0.331 bits per heavy atom. The summed E-state index contributed by atoms with van der Waals surface area (Å²) in [7, 11) is -2.92. The third-order valence-electron chi connectivity index (χ3n) is 20.2. The zero-order valence-electron chi connectivity index (χ0n) is 67.6. The first kappa shape index (κ1) is 95.3. The Morgan fingerprint density at radius 3 is 0.480 bits per heavy atom. The fourth-order valence-corrected chi connectivity index (χ4v) is 23.1. The number of hydrogen-bond acceptors (Lipinski definition) is 3. The van der Waals surface area contributed by atoms with E-state index in [0.717, 1.165) is 139 Å². The Kier molecular flexibility index (Phi) is 33.2.